The fraction of sp³-hybridized carbons (Fsp3) is 0.467. The molecule has 0 radical (unpaired) electrons. The lowest BCUT2D eigenvalue weighted by Crippen LogP contribution is -2.42. The number of amides is 1. The van der Waals surface area contributed by atoms with E-state index in [4.69, 9.17) is 0 Å². The number of carboxylic acids is 1. The van der Waals surface area contributed by atoms with Crippen molar-refractivity contribution in [2.24, 2.45) is 11.8 Å². The fourth-order valence-electron chi connectivity index (χ4n) is 2.70. The van der Waals surface area contributed by atoms with Crippen LogP contribution in [0, 0.1) is 11.8 Å². The van der Waals surface area contributed by atoms with Crippen molar-refractivity contribution in [3.8, 4) is 0 Å². The van der Waals surface area contributed by atoms with Gasteiger partial charge in [-0.3, -0.25) is 4.79 Å². The van der Waals surface area contributed by atoms with Crippen LogP contribution in [0.3, 0.4) is 0 Å². The van der Waals surface area contributed by atoms with Gasteiger partial charge in [0.05, 0.1) is 5.69 Å². The van der Waals surface area contributed by atoms with Gasteiger partial charge >= 0.3 is 0 Å². The molecule has 0 spiro atoms. The fourth-order valence-corrected chi connectivity index (χ4v) is 3.25. The number of hydrogen-bond acceptors (Lipinski definition) is 4. The molecule has 0 saturated heterocycles. The normalized spacial score (nSPS) is 22.2. The van der Waals surface area contributed by atoms with Gasteiger partial charge in [-0.15, -0.1) is 11.8 Å². The number of nitrogens with one attached hydrogen (secondary N) is 1. The summed E-state index contributed by atoms with van der Waals surface area (Å²) in [4.78, 5) is 24.5. The Kier molecular flexibility index (Phi) is 5.06. The van der Waals surface area contributed by atoms with Crippen LogP contribution in [-0.4, -0.2) is 18.1 Å². The average Bonchev–Trinajstić information content (AvgIpc) is 2.47. The van der Waals surface area contributed by atoms with E-state index in [0.29, 0.717) is 12.8 Å². The molecule has 0 bridgehead atoms. The van der Waals surface area contributed by atoms with Gasteiger partial charge in [0.2, 0.25) is 5.91 Å². The second kappa shape index (κ2) is 6.79. The summed E-state index contributed by atoms with van der Waals surface area (Å²) in [7, 11) is 0. The van der Waals surface area contributed by atoms with E-state index in [-0.39, 0.29) is 5.91 Å². The van der Waals surface area contributed by atoms with E-state index in [1.165, 1.54) is 0 Å². The molecule has 20 heavy (non-hydrogen) atoms. The molecule has 2 rings (SSSR count). The van der Waals surface area contributed by atoms with E-state index in [0.717, 1.165) is 23.4 Å². The molecule has 1 aromatic rings. The first-order chi connectivity index (χ1) is 9.63. The molecule has 2 atom stereocenters. The zero-order chi connectivity index (χ0) is 14.5. The Morgan fingerprint density at radius 2 is 1.85 bits per heavy atom. The number of benzene rings is 1. The smallest absolute Gasteiger partial charge is 0.228 e. The summed E-state index contributed by atoms with van der Waals surface area (Å²) in [6.07, 6.45) is 4.84. The molecule has 1 aliphatic rings. The second-order valence-electron chi connectivity index (χ2n) is 5.01. The third-order valence-electron chi connectivity index (χ3n) is 3.77. The molecular weight excluding hydrogens is 274 g/mol. The molecule has 1 aromatic carbocycles. The van der Waals surface area contributed by atoms with Crippen molar-refractivity contribution in [2.45, 2.75) is 30.6 Å². The van der Waals surface area contributed by atoms with Crippen LogP contribution in [0.5, 0.6) is 0 Å². The molecule has 108 valence electrons. The maximum Gasteiger partial charge on any atom is 0.228 e. The zero-order valence-corrected chi connectivity index (χ0v) is 12.2. The molecule has 4 nitrogen and oxygen atoms in total. The molecule has 0 unspecified atom stereocenters. The van der Waals surface area contributed by atoms with E-state index in [9.17, 15) is 14.7 Å². The van der Waals surface area contributed by atoms with E-state index in [1.54, 1.807) is 11.8 Å². The Morgan fingerprint density at radius 1 is 1.20 bits per heavy atom. The van der Waals surface area contributed by atoms with Crippen molar-refractivity contribution in [1.82, 2.24) is 0 Å². The number of hydrogen-bond donors (Lipinski definition) is 1. The monoisotopic (exact) mass is 292 g/mol. The maximum atomic E-state index is 12.3. The summed E-state index contributed by atoms with van der Waals surface area (Å²) in [5.41, 5.74) is 0.743. The van der Waals surface area contributed by atoms with Gasteiger partial charge in [0.25, 0.3) is 0 Å². The van der Waals surface area contributed by atoms with Gasteiger partial charge in [-0.1, -0.05) is 25.0 Å². The summed E-state index contributed by atoms with van der Waals surface area (Å²) in [6.45, 7) is 0. The highest BCUT2D eigenvalue weighted by Crippen LogP contribution is 2.32. The number of carboxylic acid groups (broad SMARTS) is 1. The molecule has 5 heteroatoms. The van der Waals surface area contributed by atoms with Gasteiger partial charge in [-0.05, 0) is 31.2 Å². The van der Waals surface area contributed by atoms with Crippen LogP contribution in [0.4, 0.5) is 5.69 Å². The van der Waals surface area contributed by atoms with Crippen molar-refractivity contribution in [3.05, 3.63) is 24.3 Å². The van der Waals surface area contributed by atoms with E-state index >= 15 is 0 Å². The topological polar surface area (TPSA) is 69.2 Å². The highest BCUT2D eigenvalue weighted by molar-refractivity contribution is 7.98. The third-order valence-corrected chi connectivity index (χ3v) is 4.57. The lowest BCUT2D eigenvalue weighted by molar-refractivity contribution is -0.313. The molecular formula is C15H18NO3S-. The minimum atomic E-state index is -1.11. The first-order valence-electron chi connectivity index (χ1n) is 6.78. The first kappa shape index (κ1) is 14.9. The summed E-state index contributed by atoms with van der Waals surface area (Å²) in [6, 6.07) is 7.52. The van der Waals surface area contributed by atoms with E-state index < -0.39 is 17.8 Å². The Labute approximate surface area is 123 Å². The van der Waals surface area contributed by atoms with Gasteiger partial charge in [-0.25, -0.2) is 0 Å². The summed E-state index contributed by atoms with van der Waals surface area (Å²) in [5.74, 6) is -2.46. The minimum absolute atomic E-state index is 0.208. The first-order valence-corrected chi connectivity index (χ1v) is 8.00. The second-order valence-corrected chi connectivity index (χ2v) is 5.85. The van der Waals surface area contributed by atoms with Crippen LogP contribution >= 0.6 is 11.8 Å². The van der Waals surface area contributed by atoms with Crippen LogP contribution in [0.1, 0.15) is 25.7 Å². The van der Waals surface area contributed by atoms with Gasteiger partial charge in [0.1, 0.15) is 0 Å². The number of para-hydroxylation sites is 1. The number of thioether (sulfide) groups is 1. The predicted octanol–water partition coefficient (Wildman–Crippen LogP) is 1.90. The Hall–Kier alpha value is -1.49. The average molecular weight is 292 g/mol. The standard InChI is InChI=1S/C15H19NO3S/c1-20-13-9-5-4-8-12(13)16-14(17)10-6-2-3-7-11(10)15(18)19/h4-5,8-11H,2-3,6-7H2,1H3,(H,16,17)(H,18,19)/p-1/t10-,11-/m1/s1. The molecule has 1 saturated carbocycles. The molecule has 1 amide bonds. The maximum absolute atomic E-state index is 12.3. The lowest BCUT2D eigenvalue weighted by Gasteiger charge is -2.31. The highest BCUT2D eigenvalue weighted by atomic mass is 32.2. The molecule has 0 aromatic heterocycles. The van der Waals surface area contributed by atoms with Crippen LogP contribution < -0.4 is 10.4 Å². The third kappa shape index (κ3) is 3.33. The van der Waals surface area contributed by atoms with Crippen molar-refractivity contribution < 1.29 is 14.7 Å². The highest BCUT2D eigenvalue weighted by Gasteiger charge is 2.31. The summed E-state index contributed by atoms with van der Waals surface area (Å²) in [5, 5.41) is 14.0. The van der Waals surface area contributed by atoms with Crippen molar-refractivity contribution >= 4 is 29.3 Å². The number of rotatable bonds is 4. The van der Waals surface area contributed by atoms with E-state index in [1.807, 2.05) is 30.5 Å². The molecule has 0 aliphatic heterocycles. The van der Waals surface area contributed by atoms with Gasteiger partial charge in [-0.2, -0.15) is 0 Å². The number of carbonyl (C=O) groups is 2. The Bertz CT molecular complexity index is 504. The molecule has 1 aliphatic carbocycles. The van der Waals surface area contributed by atoms with Crippen LogP contribution in [0.25, 0.3) is 0 Å². The van der Waals surface area contributed by atoms with Gasteiger partial charge in [0.15, 0.2) is 0 Å². The quantitative estimate of drug-likeness (QED) is 0.861. The number of anilines is 1. The van der Waals surface area contributed by atoms with Crippen LogP contribution in [-0.2, 0) is 9.59 Å². The molecule has 1 N–H and O–H groups in total. The minimum Gasteiger partial charge on any atom is -0.550 e. The lowest BCUT2D eigenvalue weighted by atomic mass is 9.78. The predicted molar refractivity (Wildman–Crippen MR) is 77.3 cm³/mol. The molecule has 1 fully saturated rings. The molecule has 0 heterocycles. The van der Waals surface area contributed by atoms with Crippen LogP contribution in [0.2, 0.25) is 0 Å². The summed E-state index contributed by atoms with van der Waals surface area (Å²) >= 11 is 1.55. The number of carbonyl (C=O) groups excluding carboxylic acids is 2. The van der Waals surface area contributed by atoms with Crippen molar-refractivity contribution in [2.75, 3.05) is 11.6 Å². The SMILES string of the molecule is CSc1ccccc1NC(=O)[C@@H]1CCCC[C@H]1C(=O)[O-]. The van der Waals surface area contributed by atoms with Crippen molar-refractivity contribution in [1.29, 1.82) is 0 Å². The Morgan fingerprint density at radius 3 is 2.50 bits per heavy atom. The van der Waals surface area contributed by atoms with Gasteiger partial charge in [0, 0.05) is 22.7 Å². The largest absolute Gasteiger partial charge is 0.550 e. The van der Waals surface area contributed by atoms with Gasteiger partial charge < -0.3 is 15.2 Å². The Balaban J connectivity index is 2.12. The van der Waals surface area contributed by atoms with E-state index in [2.05, 4.69) is 5.32 Å². The van der Waals surface area contributed by atoms with Crippen LogP contribution in [0.15, 0.2) is 29.2 Å². The summed E-state index contributed by atoms with van der Waals surface area (Å²) < 4.78 is 0. The van der Waals surface area contributed by atoms with Crippen molar-refractivity contribution in [3.63, 3.8) is 0 Å². The number of aliphatic carboxylic acids is 1. The zero-order valence-electron chi connectivity index (χ0n) is 11.4.